The maximum atomic E-state index is 12.9. The van der Waals surface area contributed by atoms with Crippen molar-refractivity contribution >= 4 is 49.6 Å². The van der Waals surface area contributed by atoms with Crippen LogP contribution in [0.15, 0.2) is 25.3 Å². The number of anilines is 2. The number of hydrogen-bond acceptors (Lipinski definition) is 20. The summed E-state index contributed by atoms with van der Waals surface area (Å²) in [6.45, 7) is -1.74. The molecule has 3 aliphatic heterocycles. The van der Waals surface area contributed by atoms with Crippen molar-refractivity contribution in [2.45, 2.75) is 49.1 Å². The van der Waals surface area contributed by atoms with Gasteiger partial charge in [0.15, 0.2) is 35.4 Å². The zero-order chi connectivity index (χ0) is 31.0. The number of imidazole rings is 2. The van der Waals surface area contributed by atoms with E-state index in [0.717, 1.165) is 12.7 Å². The summed E-state index contributed by atoms with van der Waals surface area (Å²) < 4.78 is 60.2. The fourth-order valence-corrected chi connectivity index (χ4v) is 7.13. The number of ether oxygens (including phenoxy) is 2. The van der Waals surface area contributed by atoms with Crippen LogP contribution < -0.4 is 21.3 Å². The minimum atomic E-state index is -5.27. The number of fused-ring (bicyclic) bond motifs is 4. The number of nitrogens with two attached hydrogens (primary N) is 2. The Kier molecular flexibility index (Phi) is 7.16. The molecule has 3 aliphatic rings. The minimum Gasteiger partial charge on any atom is -0.756 e. The maximum Gasteiger partial charge on any atom is 0.268 e. The summed E-state index contributed by atoms with van der Waals surface area (Å²) in [6, 6.07) is 0. The van der Waals surface area contributed by atoms with Crippen LogP contribution >= 0.6 is 15.6 Å². The van der Waals surface area contributed by atoms with Gasteiger partial charge >= 0.3 is 0 Å². The molecule has 236 valence electrons. The van der Waals surface area contributed by atoms with Crippen molar-refractivity contribution in [2.75, 3.05) is 24.7 Å². The molecule has 0 bridgehead atoms. The molecular formula is C20H22N10O12P2-2. The van der Waals surface area contributed by atoms with Gasteiger partial charge in [0.1, 0.15) is 60.3 Å². The Balaban J connectivity index is 1.17. The van der Waals surface area contributed by atoms with Crippen molar-refractivity contribution in [2.24, 2.45) is 0 Å². The van der Waals surface area contributed by atoms with E-state index in [-0.39, 0.29) is 34.0 Å². The van der Waals surface area contributed by atoms with Gasteiger partial charge in [0.2, 0.25) is 0 Å². The summed E-state index contributed by atoms with van der Waals surface area (Å²) in [7, 11) is -10.5. The summed E-state index contributed by atoms with van der Waals surface area (Å²) in [6.07, 6.45) is -7.95. The lowest BCUT2D eigenvalue weighted by Crippen LogP contribution is -2.41. The summed E-state index contributed by atoms with van der Waals surface area (Å²) in [5.74, 6) is 0.0649. The molecule has 0 aromatic carbocycles. The van der Waals surface area contributed by atoms with Crippen molar-refractivity contribution in [1.29, 1.82) is 0 Å². The third kappa shape index (κ3) is 5.04. The molecule has 7 heterocycles. The van der Waals surface area contributed by atoms with Gasteiger partial charge in [-0.15, -0.1) is 0 Å². The number of aliphatic hydroxyl groups excluding tert-OH is 2. The molecule has 44 heavy (non-hydrogen) atoms. The van der Waals surface area contributed by atoms with Gasteiger partial charge in [-0.3, -0.25) is 18.3 Å². The molecule has 22 nitrogen and oxygen atoms in total. The molecule has 10 atom stereocenters. The lowest BCUT2D eigenvalue weighted by molar-refractivity contribution is -0.244. The van der Waals surface area contributed by atoms with Gasteiger partial charge in [-0.1, -0.05) is 0 Å². The Morgan fingerprint density at radius 3 is 1.55 bits per heavy atom. The first-order valence-corrected chi connectivity index (χ1v) is 15.7. The highest BCUT2D eigenvalue weighted by molar-refractivity contribution is 7.46. The van der Waals surface area contributed by atoms with Crippen molar-refractivity contribution < 1.29 is 56.7 Å². The van der Waals surface area contributed by atoms with Crippen LogP contribution in [0.4, 0.5) is 11.6 Å². The van der Waals surface area contributed by atoms with E-state index in [1.165, 1.54) is 21.8 Å². The van der Waals surface area contributed by atoms with Gasteiger partial charge in [0, 0.05) is 0 Å². The summed E-state index contributed by atoms with van der Waals surface area (Å²) in [5.41, 5.74) is 12.2. The van der Waals surface area contributed by atoms with Gasteiger partial charge in [0.05, 0.1) is 25.9 Å². The number of nitrogen functional groups attached to an aromatic ring is 2. The quantitative estimate of drug-likeness (QED) is 0.157. The second kappa shape index (κ2) is 10.7. The standard InChI is InChI=1S/C20H24N10O12P2/c21-15-9-17(25-3-23-15)29(5-27-9)19-11(31)13-7(39-19)1-37-43(33,34)42-14-8(2-38-44(35,36)41-13)40-20(12(14)32)30-6-28-10-16(22)24-4-26-18(10)30/h3-8,11-14,19-20,31-32H,1-2H2,(H,33,34)(H,35,36)(H2,21,23,25)(H2,22,24,26)/p-2/t7-,8-,11?,12?,13?,14?,19-,20-/m1/s1. The van der Waals surface area contributed by atoms with E-state index >= 15 is 0 Å². The smallest absolute Gasteiger partial charge is 0.268 e. The SMILES string of the molecule is Nc1ncnc2c1ncn2[C@@H]1O[C@@H]2COP(=O)([O-])OC3C(O)[C@H](n4cnc5c(N)ncnc54)O[C@@H]3COP(=O)([O-])OC2C1O. The Morgan fingerprint density at radius 1 is 0.727 bits per heavy atom. The van der Waals surface area contributed by atoms with E-state index in [2.05, 4.69) is 29.9 Å². The molecule has 7 rings (SSSR count). The molecule has 0 aliphatic carbocycles. The number of nitrogens with zero attached hydrogens (tertiary/aromatic N) is 8. The van der Waals surface area contributed by atoms with Gasteiger partial charge in [-0.2, -0.15) is 0 Å². The highest BCUT2D eigenvalue weighted by atomic mass is 31.2. The second-order valence-electron chi connectivity index (χ2n) is 9.90. The highest BCUT2D eigenvalue weighted by Gasteiger charge is 2.51. The molecule has 4 aromatic heterocycles. The number of aromatic nitrogens is 8. The largest absolute Gasteiger partial charge is 0.756 e. The second-order valence-corrected chi connectivity index (χ2v) is 12.6. The van der Waals surface area contributed by atoms with Crippen LogP contribution in [-0.2, 0) is 36.7 Å². The van der Waals surface area contributed by atoms with E-state index in [1.807, 2.05) is 0 Å². The molecule has 24 heteroatoms. The Morgan fingerprint density at radius 2 is 1.14 bits per heavy atom. The van der Waals surface area contributed by atoms with Crippen LogP contribution in [0, 0.1) is 0 Å². The van der Waals surface area contributed by atoms with E-state index < -0.39 is 77.9 Å². The normalized spacial score (nSPS) is 38.3. The highest BCUT2D eigenvalue weighted by Crippen LogP contribution is 2.50. The van der Waals surface area contributed by atoms with Crippen LogP contribution in [0.3, 0.4) is 0 Å². The summed E-state index contributed by atoms with van der Waals surface area (Å²) in [5, 5.41) is 22.1. The topological polar surface area (TPSA) is 315 Å². The third-order valence-electron chi connectivity index (χ3n) is 7.24. The molecular weight excluding hydrogens is 634 g/mol. The van der Waals surface area contributed by atoms with Crippen LogP contribution in [0.1, 0.15) is 12.5 Å². The predicted octanol–water partition coefficient (Wildman–Crippen LogP) is -2.90. The number of phosphoric acid groups is 2. The predicted molar refractivity (Wildman–Crippen MR) is 136 cm³/mol. The lowest BCUT2D eigenvalue weighted by Gasteiger charge is -2.34. The molecule has 3 fully saturated rings. The summed E-state index contributed by atoms with van der Waals surface area (Å²) in [4.78, 5) is 49.8. The van der Waals surface area contributed by atoms with Gasteiger partial charge in [0.25, 0.3) is 15.6 Å². The maximum absolute atomic E-state index is 12.9. The van der Waals surface area contributed by atoms with Crippen molar-refractivity contribution in [3.8, 4) is 0 Å². The Bertz CT molecular complexity index is 1690. The van der Waals surface area contributed by atoms with Gasteiger partial charge in [-0.25, -0.2) is 29.9 Å². The molecule has 0 spiro atoms. The molecule has 4 aromatic rings. The van der Waals surface area contributed by atoms with Crippen LogP contribution in [-0.4, -0.2) is 99.1 Å². The number of rotatable bonds is 2. The van der Waals surface area contributed by atoms with Gasteiger partial charge < -0.3 is 59.0 Å². The Labute approximate surface area is 244 Å². The van der Waals surface area contributed by atoms with E-state index in [9.17, 15) is 29.1 Å². The Hall–Kier alpha value is -3.24. The lowest BCUT2D eigenvalue weighted by atomic mass is 10.1. The third-order valence-corrected chi connectivity index (χ3v) is 9.17. The molecule has 6 N–H and O–H groups in total. The average molecular weight is 656 g/mol. The number of hydrogen-bond donors (Lipinski definition) is 4. The van der Waals surface area contributed by atoms with Crippen molar-refractivity contribution in [3.63, 3.8) is 0 Å². The average Bonchev–Trinajstić information content (AvgIpc) is 3.73. The van der Waals surface area contributed by atoms with Crippen LogP contribution in [0.25, 0.3) is 22.3 Å². The van der Waals surface area contributed by atoms with Crippen molar-refractivity contribution in [1.82, 2.24) is 39.0 Å². The zero-order valence-corrected chi connectivity index (χ0v) is 23.7. The van der Waals surface area contributed by atoms with Gasteiger partial charge in [-0.05, 0) is 0 Å². The van der Waals surface area contributed by atoms with E-state index in [1.54, 1.807) is 0 Å². The first-order chi connectivity index (χ1) is 20.9. The molecule has 0 radical (unpaired) electrons. The molecule has 0 saturated carbocycles. The van der Waals surface area contributed by atoms with E-state index in [0.29, 0.717) is 0 Å². The minimum absolute atomic E-state index is 0.0324. The number of phosphoric ester groups is 2. The number of aliphatic hydroxyl groups is 2. The van der Waals surface area contributed by atoms with Crippen LogP contribution in [0.5, 0.6) is 0 Å². The zero-order valence-electron chi connectivity index (χ0n) is 21.9. The first kappa shape index (κ1) is 29.5. The van der Waals surface area contributed by atoms with Crippen molar-refractivity contribution in [3.05, 3.63) is 25.3 Å². The van der Waals surface area contributed by atoms with E-state index in [4.69, 9.17) is 39.0 Å². The first-order valence-electron chi connectivity index (χ1n) is 12.7. The molecule has 6 unspecified atom stereocenters. The molecule has 0 amide bonds. The fraction of sp³-hybridized carbons (Fsp3) is 0.500. The summed E-state index contributed by atoms with van der Waals surface area (Å²) >= 11 is 0. The van der Waals surface area contributed by atoms with Crippen LogP contribution in [0.2, 0.25) is 0 Å². The fourth-order valence-electron chi connectivity index (χ4n) is 5.23. The molecule has 3 saturated heterocycles. The monoisotopic (exact) mass is 656 g/mol.